The second kappa shape index (κ2) is 9.87. The van der Waals surface area contributed by atoms with Crippen molar-refractivity contribution >= 4 is 57.8 Å². The predicted molar refractivity (Wildman–Crippen MR) is 107 cm³/mol. The van der Waals surface area contributed by atoms with Gasteiger partial charge in [0.05, 0.1) is 23.8 Å². The molecule has 2 amide bonds. The second-order valence-electron chi connectivity index (χ2n) is 6.42. The van der Waals surface area contributed by atoms with Crippen LogP contribution in [-0.4, -0.2) is 70.8 Å². The van der Waals surface area contributed by atoms with Crippen molar-refractivity contribution in [2.24, 2.45) is 7.05 Å². The molecule has 2 aliphatic rings. The monoisotopic (exact) mass is 490 g/mol. The summed E-state index contributed by atoms with van der Waals surface area (Å²) in [6.07, 6.45) is -0.00826. The molecule has 1 fully saturated rings. The number of amides is 2. The van der Waals surface area contributed by atoms with E-state index < -0.39 is 23.3 Å². The van der Waals surface area contributed by atoms with Gasteiger partial charge in [-0.05, 0) is 16.0 Å². The number of carbonyl (C=O) groups is 3. The van der Waals surface area contributed by atoms with E-state index in [0.29, 0.717) is 33.1 Å². The fourth-order valence-corrected chi connectivity index (χ4v) is 5.97. The summed E-state index contributed by atoms with van der Waals surface area (Å²) in [5.41, 5.74) is 6.46. The van der Waals surface area contributed by atoms with Gasteiger partial charge in [0, 0.05) is 23.9 Å². The summed E-state index contributed by atoms with van der Waals surface area (Å²) in [7, 11) is 1.67. The molecule has 158 valence electrons. The van der Waals surface area contributed by atoms with Crippen molar-refractivity contribution < 1.29 is 49.0 Å². The molecule has 2 atom stereocenters. The van der Waals surface area contributed by atoms with Crippen molar-refractivity contribution in [3.8, 4) is 0 Å². The number of nitrogen functional groups attached to an aromatic ring is 1. The summed E-state index contributed by atoms with van der Waals surface area (Å²) in [4.78, 5) is 41.9. The largest absolute Gasteiger partial charge is 1.00 e. The van der Waals surface area contributed by atoms with Crippen LogP contribution in [0, 0.1) is 0 Å². The molecule has 1 saturated heterocycles. The number of tetrazole rings is 1. The number of β-lactam (4-membered cyclic amide) rings is 1. The summed E-state index contributed by atoms with van der Waals surface area (Å²) >= 11 is 3.87. The van der Waals surface area contributed by atoms with Crippen LogP contribution in [0.4, 0.5) is 5.13 Å². The SMILES string of the molecule is Cn1nnnc1SCC1=C(C(=O)[O-])N2C(=O)C(NC(=O)Cc3csc(N)n3)[C@@H]2SC1.[Na+]. The van der Waals surface area contributed by atoms with Gasteiger partial charge < -0.3 is 21.0 Å². The van der Waals surface area contributed by atoms with E-state index in [-0.39, 0.29) is 47.6 Å². The Bertz CT molecular complexity index is 1060. The van der Waals surface area contributed by atoms with E-state index in [1.165, 1.54) is 44.4 Å². The van der Waals surface area contributed by atoms with E-state index in [1.54, 1.807) is 12.4 Å². The number of fused-ring (bicyclic) bond motifs is 1. The van der Waals surface area contributed by atoms with Gasteiger partial charge in [-0.15, -0.1) is 28.2 Å². The zero-order valence-electron chi connectivity index (χ0n) is 16.5. The van der Waals surface area contributed by atoms with E-state index in [2.05, 4.69) is 25.8 Å². The van der Waals surface area contributed by atoms with Crippen LogP contribution < -0.4 is 45.7 Å². The molecule has 0 aromatic carbocycles. The Morgan fingerprint density at radius 2 is 2.23 bits per heavy atom. The fraction of sp³-hybridized carbons (Fsp3) is 0.400. The van der Waals surface area contributed by atoms with Crippen LogP contribution in [0.1, 0.15) is 5.69 Å². The second-order valence-corrected chi connectivity index (χ2v) is 9.36. The number of hydrogen-bond acceptors (Lipinski definition) is 12. The topological polar surface area (TPSA) is 172 Å². The molecule has 2 aromatic rings. The maximum absolute atomic E-state index is 12.6. The minimum Gasteiger partial charge on any atom is -0.543 e. The maximum Gasteiger partial charge on any atom is 1.00 e. The van der Waals surface area contributed by atoms with Crippen LogP contribution >= 0.6 is 34.9 Å². The maximum atomic E-state index is 12.6. The molecule has 0 saturated carbocycles. The van der Waals surface area contributed by atoms with Crippen molar-refractivity contribution in [3.05, 3.63) is 22.3 Å². The van der Waals surface area contributed by atoms with Crippen molar-refractivity contribution in [2.75, 3.05) is 17.2 Å². The number of carboxylic acids is 1. The van der Waals surface area contributed by atoms with Gasteiger partial charge in [0.15, 0.2) is 5.13 Å². The molecule has 0 aliphatic carbocycles. The van der Waals surface area contributed by atoms with Crippen LogP contribution in [0.15, 0.2) is 21.8 Å². The molecule has 12 nitrogen and oxygen atoms in total. The van der Waals surface area contributed by atoms with Crippen LogP contribution in [0.25, 0.3) is 0 Å². The predicted octanol–water partition coefficient (Wildman–Crippen LogP) is -5.01. The Balaban J connectivity index is 0.00000272. The number of nitrogens with zero attached hydrogens (tertiary/aromatic N) is 6. The molecule has 4 rings (SSSR count). The molecule has 31 heavy (non-hydrogen) atoms. The van der Waals surface area contributed by atoms with Crippen molar-refractivity contribution in [1.82, 2.24) is 35.4 Å². The summed E-state index contributed by atoms with van der Waals surface area (Å²) in [5, 5.41) is 27.6. The van der Waals surface area contributed by atoms with Gasteiger partial charge in [0.2, 0.25) is 11.1 Å². The average molecular weight is 491 g/mol. The van der Waals surface area contributed by atoms with E-state index in [0.717, 1.165) is 0 Å². The van der Waals surface area contributed by atoms with Gasteiger partial charge in [-0.2, -0.15) is 0 Å². The first kappa shape index (κ1) is 24.0. The Kier molecular flexibility index (Phi) is 7.64. The first-order valence-electron chi connectivity index (χ1n) is 8.57. The van der Waals surface area contributed by atoms with Gasteiger partial charge in [-0.1, -0.05) is 11.8 Å². The van der Waals surface area contributed by atoms with E-state index in [4.69, 9.17) is 5.73 Å². The molecular formula is C15H15N8NaO4S3. The summed E-state index contributed by atoms with van der Waals surface area (Å²) < 4.78 is 1.47. The van der Waals surface area contributed by atoms with Crippen molar-refractivity contribution in [2.45, 2.75) is 23.0 Å². The Hall–Kier alpha value is -1.65. The van der Waals surface area contributed by atoms with Gasteiger partial charge in [0.25, 0.3) is 5.91 Å². The molecule has 4 heterocycles. The number of thioether (sulfide) groups is 2. The fourth-order valence-electron chi connectivity index (χ4n) is 3.07. The van der Waals surface area contributed by atoms with Crippen molar-refractivity contribution in [3.63, 3.8) is 0 Å². The average Bonchev–Trinajstić information content (AvgIpc) is 3.31. The van der Waals surface area contributed by atoms with E-state index >= 15 is 0 Å². The zero-order chi connectivity index (χ0) is 21.4. The van der Waals surface area contributed by atoms with Gasteiger partial charge in [0.1, 0.15) is 11.4 Å². The summed E-state index contributed by atoms with van der Waals surface area (Å²) in [5.74, 6) is -1.62. The number of carboxylic acid groups (broad SMARTS) is 1. The third-order valence-corrected chi connectivity index (χ3v) is 7.58. The molecule has 0 radical (unpaired) electrons. The number of rotatable bonds is 7. The first-order chi connectivity index (χ1) is 14.3. The molecule has 0 spiro atoms. The summed E-state index contributed by atoms with van der Waals surface area (Å²) in [6, 6.07) is -0.801. The van der Waals surface area contributed by atoms with Crippen LogP contribution in [0.5, 0.6) is 0 Å². The molecule has 0 bridgehead atoms. The Morgan fingerprint density at radius 1 is 1.45 bits per heavy atom. The van der Waals surface area contributed by atoms with Gasteiger partial charge >= 0.3 is 29.6 Å². The van der Waals surface area contributed by atoms with Crippen molar-refractivity contribution in [1.29, 1.82) is 0 Å². The molecule has 2 aliphatic heterocycles. The number of thiazole rings is 1. The quantitative estimate of drug-likeness (QED) is 0.216. The van der Waals surface area contributed by atoms with Gasteiger partial charge in [-0.3, -0.25) is 14.5 Å². The number of hydrogen-bond donors (Lipinski definition) is 2. The van der Waals surface area contributed by atoms with Crippen LogP contribution in [0.3, 0.4) is 0 Å². The number of nitrogens with two attached hydrogens (primary N) is 1. The molecule has 2 aromatic heterocycles. The first-order valence-corrected chi connectivity index (χ1v) is 11.5. The molecule has 1 unspecified atom stereocenters. The number of aromatic nitrogens is 5. The summed E-state index contributed by atoms with van der Waals surface area (Å²) in [6.45, 7) is 0. The molecule has 3 N–H and O–H groups in total. The normalized spacial score (nSPS) is 20.0. The van der Waals surface area contributed by atoms with Crippen LogP contribution in [-0.2, 0) is 27.9 Å². The minimum atomic E-state index is -1.43. The van der Waals surface area contributed by atoms with E-state index in [9.17, 15) is 19.5 Å². The number of nitrogens with one attached hydrogen (secondary N) is 1. The standard InChI is InChI=1S/C15H16N8O4S3.Na/c1-22-15(19-20-21-22)30-4-6-3-28-12-9(11(25)23(12)10(6)13(26)27)18-8(24)2-7-5-29-14(16)17-7;/h5,9,12H,2-4H2,1H3,(H2,16,17)(H,18,24)(H,26,27);/q;+1/p-1/t9?,12-;/m0./s1. The number of carbonyl (C=O) groups excluding carboxylic acids is 3. The Labute approximate surface area is 210 Å². The van der Waals surface area contributed by atoms with Crippen LogP contribution in [0.2, 0.25) is 0 Å². The molecule has 16 heteroatoms. The molecular weight excluding hydrogens is 475 g/mol. The van der Waals surface area contributed by atoms with Gasteiger partial charge in [-0.25, -0.2) is 9.67 Å². The third kappa shape index (κ3) is 4.90. The zero-order valence-corrected chi connectivity index (χ0v) is 20.9. The third-order valence-electron chi connectivity index (χ3n) is 4.43. The number of aliphatic carboxylic acids is 1. The minimum absolute atomic E-state index is 0. The number of aryl methyl sites for hydroxylation is 1. The number of anilines is 1. The Morgan fingerprint density at radius 3 is 2.84 bits per heavy atom. The smallest absolute Gasteiger partial charge is 0.543 e. The van der Waals surface area contributed by atoms with E-state index in [1.807, 2.05) is 0 Å².